The molecule has 0 saturated heterocycles. The van der Waals surface area contributed by atoms with E-state index in [1.807, 2.05) is 60.7 Å². The molecule has 7 heteroatoms. The van der Waals surface area contributed by atoms with E-state index >= 15 is 0 Å². The first-order chi connectivity index (χ1) is 17.6. The Morgan fingerprint density at radius 3 is 2.03 bits per heavy atom. The van der Waals surface area contributed by atoms with Crippen molar-refractivity contribution >= 4 is 45.8 Å². The van der Waals surface area contributed by atoms with Gasteiger partial charge >= 0.3 is 0 Å². The summed E-state index contributed by atoms with van der Waals surface area (Å²) in [4.78, 5) is 27.1. The third kappa shape index (κ3) is 3.87. The lowest BCUT2D eigenvalue weighted by molar-refractivity contribution is -0.116. The second kappa shape index (κ2) is 8.91. The topological polar surface area (TPSA) is 80.6 Å². The number of benzene rings is 4. The van der Waals surface area contributed by atoms with Crippen molar-refractivity contribution < 1.29 is 18.7 Å². The third-order valence-corrected chi connectivity index (χ3v) is 6.35. The monoisotopic (exact) mass is 494 g/mol. The van der Waals surface area contributed by atoms with Crippen molar-refractivity contribution in [1.29, 1.82) is 0 Å². The van der Waals surface area contributed by atoms with Crippen LogP contribution in [0.1, 0.15) is 27.6 Å². The number of rotatable bonds is 4. The molecule has 2 N–H and O–H groups in total. The van der Waals surface area contributed by atoms with Gasteiger partial charge in [0.05, 0.1) is 5.92 Å². The minimum atomic E-state index is -0.632. The van der Waals surface area contributed by atoms with Gasteiger partial charge in [-0.15, -0.1) is 0 Å². The number of carbonyl (C=O) groups is 2. The molecule has 6 nitrogen and oxygen atoms in total. The van der Waals surface area contributed by atoms with E-state index in [1.54, 1.807) is 36.4 Å². The van der Waals surface area contributed by atoms with E-state index in [2.05, 4.69) is 10.6 Å². The van der Waals surface area contributed by atoms with Gasteiger partial charge in [-0.2, -0.15) is 0 Å². The second-order valence-corrected chi connectivity index (χ2v) is 8.80. The van der Waals surface area contributed by atoms with Gasteiger partial charge in [0.1, 0.15) is 22.8 Å². The lowest BCUT2D eigenvalue weighted by atomic mass is 9.87. The number of para-hydroxylation sites is 3. The van der Waals surface area contributed by atoms with Gasteiger partial charge < -0.3 is 19.8 Å². The SMILES string of the molecule is O=C(Nc1ccc(Cl)cc1)c1oc2ccccc2c1NC(=O)C1c2ccccc2Oc2ccccc21. The summed E-state index contributed by atoms with van der Waals surface area (Å²) in [6, 6.07) is 28.8. The number of furan rings is 1. The van der Waals surface area contributed by atoms with E-state index in [1.165, 1.54) is 0 Å². The van der Waals surface area contributed by atoms with Crippen LogP contribution in [0.15, 0.2) is 101 Å². The number of hydrogen-bond acceptors (Lipinski definition) is 4. The van der Waals surface area contributed by atoms with E-state index < -0.39 is 11.8 Å². The van der Waals surface area contributed by atoms with Gasteiger partial charge in [-0.05, 0) is 48.5 Å². The van der Waals surface area contributed by atoms with Gasteiger partial charge in [-0.3, -0.25) is 9.59 Å². The summed E-state index contributed by atoms with van der Waals surface area (Å²) in [5, 5.41) is 6.98. The van der Waals surface area contributed by atoms with Crippen LogP contribution in [0.4, 0.5) is 11.4 Å². The van der Waals surface area contributed by atoms with Gasteiger partial charge in [-0.25, -0.2) is 0 Å². The van der Waals surface area contributed by atoms with Crippen LogP contribution < -0.4 is 15.4 Å². The van der Waals surface area contributed by atoms with E-state index in [4.69, 9.17) is 20.8 Å². The first-order valence-corrected chi connectivity index (χ1v) is 11.7. The molecule has 36 heavy (non-hydrogen) atoms. The van der Waals surface area contributed by atoms with Gasteiger partial charge in [0.25, 0.3) is 5.91 Å². The molecule has 1 aromatic heterocycles. The van der Waals surface area contributed by atoms with Crippen LogP contribution in [0, 0.1) is 0 Å². The Morgan fingerprint density at radius 2 is 1.33 bits per heavy atom. The lowest BCUT2D eigenvalue weighted by Gasteiger charge is -2.27. The molecular weight excluding hydrogens is 476 g/mol. The first kappa shape index (κ1) is 21.9. The highest BCUT2D eigenvalue weighted by Crippen LogP contribution is 2.45. The van der Waals surface area contributed by atoms with Crippen molar-refractivity contribution in [3.8, 4) is 11.5 Å². The minimum absolute atomic E-state index is 0.00753. The van der Waals surface area contributed by atoms with Crippen LogP contribution in [0.25, 0.3) is 11.0 Å². The number of carbonyl (C=O) groups excluding carboxylic acids is 2. The fourth-order valence-corrected chi connectivity index (χ4v) is 4.56. The summed E-state index contributed by atoms with van der Waals surface area (Å²) in [6.45, 7) is 0. The van der Waals surface area contributed by atoms with E-state index in [0.29, 0.717) is 38.9 Å². The molecule has 0 spiro atoms. The number of hydrogen-bond donors (Lipinski definition) is 2. The Bertz CT molecular complexity index is 1580. The average molecular weight is 495 g/mol. The summed E-state index contributed by atoms with van der Waals surface area (Å²) >= 11 is 5.96. The molecule has 1 aliphatic rings. The Kier molecular flexibility index (Phi) is 5.43. The molecule has 0 saturated carbocycles. The molecular formula is C29H19ClN2O4. The van der Waals surface area contributed by atoms with Crippen LogP contribution >= 0.6 is 11.6 Å². The largest absolute Gasteiger partial charge is 0.457 e. The predicted octanol–water partition coefficient (Wildman–Crippen LogP) is 7.21. The summed E-state index contributed by atoms with van der Waals surface area (Å²) in [7, 11) is 0. The standard InChI is InChI=1S/C29H19ClN2O4/c30-17-13-15-18(16-14-17)31-29(34)27-26(21-9-3-6-12-24(21)36-27)32-28(33)25-19-7-1-4-10-22(19)35-23-11-5-2-8-20(23)25/h1-16,25H,(H,31,34)(H,32,33). The fourth-order valence-electron chi connectivity index (χ4n) is 4.44. The molecule has 2 heterocycles. The number of anilines is 2. The molecule has 0 unspecified atom stereocenters. The molecule has 0 radical (unpaired) electrons. The molecule has 6 rings (SSSR count). The number of nitrogens with one attached hydrogen (secondary N) is 2. The highest BCUT2D eigenvalue weighted by molar-refractivity contribution is 6.30. The Balaban J connectivity index is 1.40. The summed E-state index contributed by atoms with van der Waals surface area (Å²) in [5.74, 6) is -0.176. The Labute approximate surface area is 211 Å². The highest BCUT2D eigenvalue weighted by atomic mass is 35.5. The normalized spacial score (nSPS) is 12.4. The number of halogens is 1. The quantitative estimate of drug-likeness (QED) is 0.276. The van der Waals surface area contributed by atoms with E-state index in [-0.39, 0.29) is 11.7 Å². The van der Waals surface area contributed by atoms with Crippen molar-refractivity contribution in [3.63, 3.8) is 0 Å². The Hall–Kier alpha value is -4.55. The van der Waals surface area contributed by atoms with Gasteiger partial charge in [0.15, 0.2) is 0 Å². The van der Waals surface area contributed by atoms with Crippen molar-refractivity contribution in [2.75, 3.05) is 10.6 Å². The van der Waals surface area contributed by atoms with Gasteiger partial charge in [-0.1, -0.05) is 60.1 Å². The lowest BCUT2D eigenvalue weighted by Crippen LogP contribution is -2.26. The minimum Gasteiger partial charge on any atom is -0.457 e. The van der Waals surface area contributed by atoms with Gasteiger partial charge in [0.2, 0.25) is 11.7 Å². The highest BCUT2D eigenvalue weighted by Gasteiger charge is 2.34. The molecule has 4 aromatic carbocycles. The van der Waals surface area contributed by atoms with Crippen LogP contribution in [0.2, 0.25) is 5.02 Å². The maximum atomic E-state index is 13.9. The van der Waals surface area contributed by atoms with Crippen molar-refractivity contribution in [2.45, 2.75) is 5.92 Å². The maximum absolute atomic E-state index is 13.9. The van der Waals surface area contributed by atoms with Crippen LogP contribution in [-0.4, -0.2) is 11.8 Å². The molecule has 0 atom stereocenters. The number of fused-ring (bicyclic) bond motifs is 3. The zero-order valence-electron chi connectivity index (χ0n) is 18.8. The molecule has 0 bridgehead atoms. The number of ether oxygens (including phenoxy) is 1. The zero-order valence-corrected chi connectivity index (χ0v) is 19.6. The second-order valence-electron chi connectivity index (χ2n) is 8.36. The predicted molar refractivity (Wildman–Crippen MR) is 139 cm³/mol. The maximum Gasteiger partial charge on any atom is 0.293 e. The summed E-state index contributed by atoms with van der Waals surface area (Å²) in [5.41, 5.74) is 2.84. The molecule has 2 amide bonds. The van der Waals surface area contributed by atoms with Crippen molar-refractivity contribution in [1.82, 2.24) is 0 Å². The summed E-state index contributed by atoms with van der Waals surface area (Å²) < 4.78 is 11.9. The van der Waals surface area contributed by atoms with E-state index in [9.17, 15) is 9.59 Å². The molecule has 1 aliphatic heterocycles. The molecule has 0 aliphatic carbocycles. The molecule has 176 valence electrons. The van der Waals surface area contributed by atoms with Crippen LogP contribution in [0.3, 0.4) is 0 Å². The van der Waals surface area contributed by atoms with E-state index in [0.717, 1.165) is 11.1 Å². The smallest absolute Gasteiger partial charge is 0.293 e. The van der Waals surface area contributed by atoms with Crippen LogP contribution in [0.5, 0.6) is 11.5 Å². The molecule has 0 fully saturated rings. The van der Waals surface area contributed by atoms with Crippen molar-refractivity contribution in [3.05, 3.63) is 119 Å². The zero-order chi connectivity index (χ0) is 24.6. The first-order valence-electron chi connectivity index (χ1n) is 11.3. The number of amides is 2. The Morgan fingerprint density at radius 1 is 0.722 bits per heavy atom. The van der Waals surface area contributed by atoms with Gasteiger partial charge in [0, 0.05) is 27.2 Å². The third-order valence-electron chi connectivity index (χ3n) is 6.09. The van der Waals surface area contributed by atoms with Crippen LogP contribution in [-0.2, 0) is 4.79 Å². The molecule has 5 aromatic rings. The van der Waals surface area contributed by atoms with Crippen molar-refractivity contribution in [2.24, 2.45) is 0 Å². The fraction of sp³-hybridized carbons (Fsp3) is 0.0345. The summed E-state index contributed by atoms with van der Waals surface area (Å²) in [6.07, 6.45) is 0. The average Bonchev–Trinajstić information content (AvgIpc) is 3.27.